The minimum absolute atomic E-state index is 0.0896. The monoisotopic (exact) mass is 280 g/mol. The fraction of sp³-hybridized carbons (Fsp3) is 0. The fourth-order valence-electron chi connectivity index (χ4n) is 2.12. The number of pyridine rings is 2. The number of carbonyl (C=O) groups is 1. The Bertz CT molecular complexity index is 833. The molecule has 0 saturated heterocycles. The molecule has 0 bridgehead atoms. The van der Waals surface area contributed by atoms with Gasteiger partial charge >= 0.3 is 5.97 Å². The highest BCUT2D eigenvalue weighted by atomic mass is 16.4. The normalized spacial score (nSPS) is 10.5. The molecule has 0 atom stereocenters. The highest BCUT2D eigenvalue weighted by Crippen LogP contribution is 2.31. The van der Waals surface area contributed by atoms with Gasteiger partial charge in [-0.15, -0.1) is 0 Å². The molecule has 0 aliphatic heterocycles. The molecule has 6 nitrogen and oxygen atoms in total. The van der Waals surface area contributed by atoms with Gasteiger partial charge in [-0.2, -0.15) is 0 Å². The summed E-state index contributed by atoms with van der Waals surface area (Å²) < 4.78 is 0. The van der Waals surface area contributed by atoms with Crippen LogP contribution in [-0.2, 0) is 0 Å². The lowest BCUT2D eigenvalue weighted by molar-refractivity contribution is 0.0697. The average molecular weight is 280 g/mol. The van der Waals surface area contributed by atoms with Gasteiger partial charge in [-0.1, -0.05) is 6.07 Å². The molecule has 1 aromatic carbocycles. The summed E-state index contributed by atoms with van der Waals surface area (Å²) in [6.45, 7) is 0. The van der Waals surface area contributed by atoms with Crippen LogP contribution in [0.2, 0.25) is 0 Å². The van der Waals surface area contributed by atoms with Gasteiger partial charge in [0.05, 0.1) is 17.1 Å². The molecule has 6 heteroatoms. The van der Waals surface area contributed by atoms with Crippen LogP contribution in [0.15, 0.2) is 49.1 Å². The van der Waals surface area contributed by atoms with E-state index in [0.29, 0.717) is 17.1 Å². The molecule has 0 spiro atoms. The van der Waals surface area contributed by atoms with Crippen molar-refractivity contribution in [1.29, 1.82) is 0 Å². The molecule has 0 aliphatic carbocycles. The van der Waals surface area contributed by atoms with Crippen molar-refractivity contribution in [1.82, 2.24) is 9.97 Å². The van der Waals surface area contributed by atoms with E-state index in [4.69, 9.17) is 10.8 Å². The molecule has 3 aromatic rings. The summed E-state index contributed by atoms with van der Waals surface area (Å²) in [6.07, 6.45) is 6.21. The first-order valence-electron chi connectivity index (χ1n) is 6.23. The Labute approximate surface area is 120 Å². The van der Waals surface area contributed by atoms with Crippen molar-refractivity contribution < 1.29 is 9.90 Å². The van der Waals surface area contributed by atoms with E-state index in [9.17, 15) is 4.79 Å². The third-order valence-electron chi connectivity index (χ3n) is 3.18. The molecule has 0 radical (unpaired) electrons. The van der Waals surface area contributed by atoms with Gasteiger partial charge in [0.15, 0.2) is 0 Å². The van der Waals surface area contributed by atoms with E-state index in [1.54, 1.807) is 24.5 Å². The number of aromatic carboxylic acids is 1. The summed E-state index contributed by atoms with van der Waals surface area (Å²) >= 11 is 0. The van der Waals surface area contributed by atoms with Crippen LogP contribution in [-0.4, -0.2) is 21.0 Å². The van der Waals surface area contributed by atoms with Gasteiger partial charge in [0.2, 0.25) is 0 Å². The summed E-state index contributed by atoms with van der Waals surface area (Å²) in [5.41, 5.74) is 7.86. The summed E-state index contributed by atoms with van der Waals surface area (Å²) in [5, 5.41) is 14.0. The number of benzene rings is 1. The lowest BCUT2D eigenvalue weighted by Gasteiger charge is -2.13. The summed E-state index contributed by atoms with van der Waals surface area (Å²) in [6, 6.07) is 7.09. The van der Waals surface area contributed by atoms with Crippen molar-refractivity contribution in [2.75, 3.05) is 11.1 Å². The molecule has 0 saturated carbocycles. The van der Waals surface area contributed by atoms with Gasteiger partial charge in [-0.25, -0.2) is 4.79 Å². The lowest BCUT2D eigenvalue weighted by atomic mass is 10.1. The topological polar surface area (TPSA) is 101 Å². The quantitative estimate of drug-likeness (QED) is 0.637. The number of rotatable bonds is 3. The molecule has 4 N–H and O–H groups in total. The second kappa shape index (κ2) is 5.09. The van der Waals surface area contributed by atoms with Gasteiger partial charge < -0.3 is 16.2 Å². The number of nitrogen functional groups attached to an aromatic ring is 1. The standard InChI is InChI=1S/C15H12N4O2/c16-14-10-3-5-17-7-9(10)1-2-13(14)19-12-4-6-18-8-11(12)15(20)21/h1-8H,16H2,(H,18,19)(H,20,21). The maximum atomic E-state index is 11.2. The summed E-state index contributed by atoms with van der Waals surface area (Å²) in [4.78, 5) is 19.1. The van der Waals surface area contributed by atoms with Crippen molar-refractivity contribution in [2.45, 2.75) is 0 Å². The van der Waals surface area contributed by atoms with Gasteiger partial charge in [-0.05, 0) is 18.2 Å². The number of carboxylic acids is 1. The Balaban J connectivity index is 2.07. The molecule has 3 rings (SSSR count). The average Bonchev–Trinajstić information content (AvgIpc) is 2.51. The summed E-state index contributed by atoms with van der Waals surface area (Å²) in [7, 11) is 0. The van der Waals surface area contributed by atoms with Gasteiger partial charge in [0.1, 0.15) is 5.56 Å². The zero-order valence-corrected chi connectivity index (χ0v) is 10.9. The number of carboxylic acid groups (broad SMARTS) is 1. The fourth-order valence-corrected chi connectivity index (χ4v) is 2.12. The van der Waals surface area contributed by atoms with E-state index in [-0.39, 0.29) is 5.56 Å². The molecule has 2 heterocycles. The van der Waals surface area contributed by atoms with Gasteiger partial charge in [0, 0.05) is 35.6 Å². The molecule has 21 heavy (non-hydrogen) atoms. The zero-order chi connectivity index (χ0) is 14.8. The molecule has 2 aromatic heterocycles. The molecular weight excluding hydrogens is 268 g/mol. The highest BCUT2D eigenvalue weighted by molar-refractivity contribution is 6.01. The second-order valence-corrected chi connectivity index (χ2v) is 4.48. The number of aromatic nitrogens is 2. The van der Waals surface area contributed by atoms with Crippen molar-refractivity contribution in [3.63, 3.8) is 0 Å². The number of hydrogen-bond donors (Lipinski definition) is 3. The van der Waals surface area contributed by atoms with Crippen LogP contribution < -0.4 is 11.1 Å². The molecule has 0 unspecified atom stereocenters. The van der Waals surface area contributed by atoms with Crippen LogP contribution >= 0.6 is 0 Å². The highest BCUT2D eigenvalue weighted by Gasteiger charge is 2.11. The predicted octanol–water partition coefficient (Wildman–Crippen LogP) is 2.65. The number of nitrogens with zero attached hydrogens (tertiary/aromatic N) is 2. The van der Waals surface area contributed by atoms with Crippen molar-refractivity contribution in [2.24, 2.45) is 0 Å². The number of hydrogen-bond acceptors (Lipinski definition) is 5. The number of nitrogens with two attached hydrogens (primary N) is 1. The van der Waals surface area contributed by atoms with Crippen LogP contribution in [0, 0.1) is 0 Å². The maximum Gasteiger partial charge on any atom is 0.339 e. The number of fused-ring (bicyclic) bond motifs is 1. The van der Waals surface area contributed by atoms with Gasteiger partial charge in [-0.3, -0.25) is 9.97 Å². The molecular formula is C15H12N4O2. The van der Waals surface area contributed by atoms with E-state index in [1.165, 1.54) is 12.4 Å². The first kappa shape index (κ1) is 12.9. The van der Waals surface area contributed by atoms with Crippen LogP contribution in [0.4, 0.5) is 17.1 Å². The first-order chi connectivity index (χ1) is 10.2. The summed E-state index contributed by atoms with van der Waals surface area (Å²) in [5.74, 6) is -1.05. The Morgan fingerprint density at radius 3 is 2.62 bits per heavy atom. The van der Waals surface area contributed by atoms with Gasteiger partial charge in [0.25, 0.3) is 0 Å². The Hall–Kier alpha value is -3.15. The predicted molar refractivity (Wildman–Crippen MR) is 80.6 cm³/mol. The van der Waals surface area contributed by atoms with Crippen LogP contribution in [0.3, 0.4) is 0 Å². The third kappa shape index (κ3) is 2.34. The Morgan fingerprint density at radius 1 is 1.05 bits per heavy atom. The van der Waals surface area contributed by atoms with Crippen molar-refractivity contribution >= 4 is 33.8 Å². The van der Waals surface area contributed by atoms with E-state index in [2.05, 4.69) is 15.3 Å². The van der Waals surface area contributed by atoms with Crippen LogP contribution in [0.1, 0.15) is 10.4 Å². The number of anilines is 3. The lowest BCUT2D eigenvalue weighted by Crippen LogP contribution is -2.04. The van der Waals surface area contributed by atoms with Crippen LogP contribution in [0.25, 0.3) is 10.8 Å². The van der Waals surface area contributed by atoms with E-state index >= 15 is 0 Å². The minimum Gasteiger partial charge on any atom is -0.478 e. The smallest absolute Gasteiger partial charge is 0.339 e. The van der Waals surface area contributed by atoms with Crippen molar-refractivity contribution in [3.8, 4) is 0 Å². The second-order valence-electron chi connectivity index (χ2n) is 4.48. The largest absolute Gasteiger partial charge is 0.478 e. The first-order valence-corrected chi connectivity index (χ1v) is 6.23. The third-order valence-corrected chi connectivity index (χ3v) is 3.18. The van der Waals surface area contributed by atoms with Crippen LogP contribution in [0.5, 0.6) is 0 Å². The van der Waals surface area contributed by atoms with E-state index in [1.807, 2.05) is 12.1 Å². The minimum atomic E-state index is -1.05. The molecule has 0 aliphatic rings. The zero-order valence-electron chi connectivity index (χ0n) is 10.9. The molecule has 0 amide bonds. The Morgan fingerprint density at radius 2 is 1.81 bits per heavy atom. The maximum absolute atomic E-state index is 11.2. The van der Waals surface area contributed by atoms with Crippen molar-refractivity contribution in [3.05, 3.63) is 54.6 Å². The van der Waals surface area contributed by atoms with E-state index < -0.39 is 5.97 Å². The molecule has 0 fully saturated rings. The SMILES string of the molecule is Nc1c(Nc2ccncc2C(=O)O)ccc2cnccc12. The van der Waals surface area contributed by atoms with E-state index in [0.717, 1.165) is 10.8 Å². The Kier molecular flexibility index (Phi) is 3.12. The molecule has 104 valence electrons. The number of nitrogens with one attached hydrogen (secondary N) is 1.